The molecule has 1 aromatic carbocycles. The maximum absolute atomic E-state index is 16.3. The van der Waals surface area contributed by atoms with Crippen LogP contribution in [0, 0.1) is 0 Å². The molecule has 7 atom stereocenters. The van der Waals surface area contributed by atoms with Crippen LogP contribution in [-0.4, -0.2) is 85.7 Å². The first-order valence-electron chi connectivity index (χ1n) is 14.1. The molecule has 0 spiro atoms. The number of anilines is 2. The lowest BCUT2D eigenvalue weighted by Crippen LogP contribution is -2.38. The average molecular weight is 656 g/mol. The number of para-hydroxylation sites is 1. The molecular weight excluding hydrogens is 620 g/mol. The Morgan fingerprint density at radius 2 is 2.02 bits per heavy atom. The van der Waals surface area contributed by atoms with Crippen LogP contribution in [0.25, 0.3) is 11.2 Å². The summed E-state index contributed by atoms with van der Waals surface area (Å²) in [6, 6.07) is 6.86. The molecule has 2 fully saturated rings. The Morgan fingerprint density at radius 1 is 1.32 bits per heavy atom. The molecule has 14 nitrogen and oxygen atoms in total. The lowest BCUT2D eigenvalue weighted by molar-refractivity contribution is -0.149. The molecule has 0 bridgehead atoms. The summed E-state index contributed by atoms with van der Waals surface area (Å²) in [7, 11) is -2.67. The molecule has 1 aliphatic heterocycles. The topological polar surface area (TPSA) is 176 Å². The summed E-state index contributed by atoms with van der Waals surface area (Å²) in [5.41, 5.74) is 2.33. The second-order valence-electron chi connectivity index (χ2n) is 11.1. The second kappa shape index (κ2) is 12.0. The van der Waals surface area contributed by atoms with Gasteiger partial charge in [0, 0.05) is 13.6 Å². The first-order chi connectivity index (χ1) is 20.8. The summed E-state index contributed by atoms with van der Waals surface area (Å²) in [6.07, 6.45) is -3.42. The highest BCUT2D eigenvalue weighted by atomic mass is 35.5. The van der Waals surface area contributed by atoms with E-state index in [0.717, 1.165) is 6.42 Å². The number of rotatable bonds is 13. The van der Waals surface area contributed by atoms with Crippen molar-refractivity contribution >= 4 is 48.2 Å². The minimum atomic E-state index is -4.49. The number of ether oxygens (including phenoxy) is 2. The van der Waals surface area contributed by atoms with Crippen molar-refractivity contribution in [3.8, 4) is 5.75 Å². The van der Waals surface area contributed by atoms with Crippen LogP contribution in [0.15, 0.2) is 36.7 Å². The van der Waals surface area contributed by atoms with E-state index in [1.165, 1.54) is 30.0 Å². The Kier molecular flexibility index (Phi) is 8.84. The van der Waals surface area contributed by atoms with E-state index in [-0.39, 0.29) is 17.3 Å². The Morgan fingerprint density at radius 3 is 2.64 bits per heavy atom. The zero-order valence-corrected chi connectivity index (χ0v) is 26.5. The summed E-state index contributed by atoms with van der Waals surface area (Å²) < 4.78 is 54.5. The lowest BCUT2D eigenvalue weighted by Gasteiger charge is -2.27. The molecule has 1 aliphatic carbocycles. The van der Waals surface area contributed by atoms with E-state index in [1.54, 1.807) is 32.0 Å². The second-order valence-corrected chi connectivity index (χ2v) is 13.0. The van der Waals surface area contributed by atoms with Crippen molar-refractivity contribution in [2.75, 3.05) is 30.1 Å². The van der Waals surface area contributed by atoms with E-state index in [1.807, 2.05) is 18.9 Å². The first kappa shape index (κ1) is 32.3. The third kappa shape index (κ3) is 5.50. The number of halogens is 2. The van der Waals surface area contributed by atoms with Crippen LogP contribution in [0.2, 0.25) is 0 Å². The van der Waals surface area contributed by atoms with Crippen molar-refractivity contribution in [2.45, 2.75) is 76.0 Å². The van der Waals surface area contributed by atoms with Crippen molar-refractivity contribution in [1.82, 2.24) is 24.6 Å². The van der Waals surface area contributed by atoms with Gasteiger partial charge in [-0.2, -0.15) is 15.1 Å². The number of carbonyl (C=O) groups excluding carboxylic acids is 1. The maximum Gasteiger partial charge on any atom is 0.459 e. The van der Waals surface area contributed by atoms with Gasteiger partial charge in [-0.25, -0.2) is 13.9 Å². The molecule has 3 heterocycles. The van der Waals surface area contributed by atoms with E-state index in [9.17, 15) is 14.5 Å². The summed E-state index contributed by atoms with van der Waals surface area (Å²) in [6.45, 7) is 7.39. The molecule has 0 radical (unpaired) electrons. The van der Waals surface area contributed by atoms with Gasteiger partial charge in [-0.05, 0) is 39.3 Å². The Labute approximate surface area is 258 Å². The number of hydrogen-bond donors (Lipinski definition) is 3. The quantitative estimate of drug-likeness (QED) is 0.139. The summed E-state index contributed by atoms with van der Waals surface area (Å²) in [4.78, 5) is 27.3. The smallest absolute Gasteiger partial charge is 0.459 e. The zero-order valence-electron chi connectivity index (χ0n) is 24.9. The van der Waals surface area contributed by atoms with Gasteiger partial charge in [0.2, 0.25) is 5.95 Å². The minimum absolute atomic E-state index is 0.0575. The van der Waals surface area contributed by atoms with Gasteiger partial charge in [0.1, 0.15) is 23.5 Å². The van der Waals surface area contributed by atoms with Gasteiger partial charge in [0.05, 0.1) is 18.3 Å². The van der Waals surface area contributed by atoms with E-state index >= 15 is 4.39 Å². The number of nitrogen functional groups attached to an aromatic ring is 1. The molecular formula is C27H36ClFN7O7P. The number of hydrogen-bond acceptors (Lipinski definition) is 12. The molecule has 5 rings (SSSR count). The van der Waals surface area contributed by atoms with Crippen molar-refractivity contribution in [2.24, 2.45) is 0 Å². The van der Waals surface area contributed by atoms with Gasteiger partial charge in [0.25, 0.3) is 0 Å². The molecule has 1 saturated heterocycles. The third-order valence-electron chi connectivity index (χ3n) is 7.50. The monoisotopic (exact) mass is 655 g/mol. The summed E-state index contributed by atoms with van der Waals surface area (Å²) in [5.74, 6) is -0.631. The van der Waals surface area contributed by atoms with E-state index in [0.29, 0.717) is 17.9 Å². The van der Waals surface area contributed by atoms with E-state index in [2.05, 4.69) is 20.0 Å². The number of benzene rings is 1. The Bertz CT molecular complexity index is 1560. The van der Waals surface area contributed by atoms with Gasteiger partial charge in [0.15, 0.2) is 35.0 Å². The SMILES string of the molecule is CCCN(C)c1nc(N)nc2c1ncn2[C@@H]1O[C@]2(CCl)C(O[P@](=O)(N[C@@H](C)C(=O)OC(C)C)Oc3ccccc3)[C@]2(O)[C@@H]1F. The first-order valence-corrected chi connectivity index (χ1v) is 16.2. The number of nitrogens with two attached hydrogens (primary N) is 1. The molecule has 1 unspecified atom stereocenters. The number of aliphatic hydroxyl groups is 1. The van der Waals surface area contributed by atoms with Crippen LogP contribution < -0.4 is 20.2 Å². The average Bonchev–Trinajstić information content (AvgIpc) is 3.20. The number of esters is 1. The summed E-state index contributed by atoms with van der Waals surface area (Å²) in [5, 5.41) is 14.2. The molecule has 4 N–H and O–H groups in total. The van der Waals surface area contributed by atoms with Crippen molar-refractivity contribution in [3.05, 3.63) is 36.7 Å². The number of imidazole rings is 1. The predicted octanol–water partition coefficient (Wildman–Crippen LogP) is 3.35. The molecule has 17 heteroatoms. The predicted molar refractivity (Wildman–Crippen MR) is 160 cm³/mol. The van der Waals surface area contributed by atoms with Crippen molar-refractivity contribution in [1.29, 1.82) is 0 Å². The zero-order chi connectivity index (χ0) is 32.0. The Balaban J connectivity index is 1.44. The fourth-order valence-electron chi connectivity index (χ4n) is 5.35. The fraction of sp³-hybridized carbons (Fsp3) is 0.556. The van der Waals surface area contributed by atoms with Gasteiger partial charge in [-0.3, -0.25) is 13.9 Å². The molecule has 44 heavy (non-hydrogen) atoms. The maximum atomic E-state index is 16.3. The number of alkyl halides is 2. The number of carbonyl (C=O) groups is 1. The number of aromatic nitrogens is 4. The number of nitrogens with zero attached hydrogens (tertiary/aromatic N) is 5. The molecule has 2 aromatic heterocycles. The largest absolute Gasteiger partial charge is 0.462 e. The molecule has 0 amide bonds. The van der Waals surface area contributed by atoms with Crippen LogP contribution in [-0.2, 0) is 23.4 Å². The van der Waals surface area contributed by atoms with Crippen LogP contribution in [0.5, 0.6) is 5.75 Å². The van der Waals surface area contributed by atoms with Gasteiger partial charge in [-0.1, -0.05) is 25.1 Å². The fourth-order valence-corrected chi connectivity index (χ4v) is 7.51. The highest BCUT2D eigenvalue weighted by molar-refractivity contribution is 7.52. The van der Waals surface area contributed by atoms with Gasteiger partial charge < -0.3 is 29.7 Å². The van der Waals surface area contributed by atoms with Crippen LogP contribution >= 0.6 is 19.3 Å². The van der Waals surface area contributed by atoms with Crippen molar-refractivity contribution < 1.29 is 37.4 Å². The van der Waals surface area contributed by atoms with E-state index in [4.69, 9.17) is 35.9 Å². The van der Waals surface area contributed by atoms with Crippen molar-refractivity contribution in [3.63, 3.8) is 0 Å². The van der Waals surface area contributed by atoms with Gasteiger partial charge in [-0.15, -0.1) is 11.6 Å². The lowest BCUT2D eigenvalue weighted by atomic mass is 10.1. The summed E-state index contributed by atoms with van der Waals surface area (Å²) >= 11 is 6.28. The normalized spacial score (nSPS) is 28.0. The molecule has 3 aromatic rings. The number of nitrogens with one attached hydrogen (secondary N) is 1. The van der Waals surface area contributed by atoms with E-state index < -0.39 is 61.4 Å². The third-order valence-corrected chi connectivity index (χ3v) is 9.54. The van der Waals surface area contributed by atoms with Gasteiger partial charge >= 0.3 is 13.7 Å². The number of fused-ring (bicyclic) bond motifs is 2. The standard InChI is InChI=1S/C27H36ClFN7O7P/c1-6-12-35(5)20-18-21(33-25(30)32-20)36(14-31-18)22-19(29)27(38)24(26(27,13-28)41-22)43-44(39,42-17-10-8-7-9-11-17)34-16(4)23(37)40-15(2)3/h7-11,14-16,19,22,24,38H,6,12-13H2,1-5H3,(H,34,39)(H2,30,32,33)/t16-,19+,22+,24?,26+,27+,44-/m0/s1. The molecule has 240 valence electrons. The Hall–Kier alpha value is -3.07. The van der Waals surface area contributed by atoms with Crippen LogP contribution in [0.4, 0.5) is 16.2 Å². The molecule has 1 saturated carbocycles. The molecule has 2 aliphatic rings. The highest BCUT2D eigenvalue weighted by Crippen LogP contribution is 2.69. The van der Waals surface area contributed by atoms with Crippen LogP contribution in [0.1, 0.15) is 40.3 Å². The minimum Gasteiger partial charge on any atom is -0.462 e. The highest BCUT2D eigenvalue weighted by Gasteiger charge is 2.90. The van der Waals surface area contributed by atoms with Crippen LogP contribution in [0.3, 0.4) is 0 Å².